The van der Waals surface area contributed by atoms with E-state index in [2.05, 4.69) is 24.3 Å². The van der Waals surface area contributed by atoms with Crippen molar-refractivity contribution in [3.8, 4) is 11.5 Å². The highest BCUT2D eigenvalue weighted by Crippen LogP contribution is 2.26. The number of phenols is 1. The zero-order valence-corrected chi connectivity index (χ0v) is 13.4. The minimum absolute atomic E-state index is 0. The van der Waals surface area contributed by atoms with Crippen molar-refractivity contribution in [3.63, 3.8) is 0 Å². The minimum Gasteiger partial charge on any atom is -0.504 e. The lowest BCUT2D eigenvalue weighted by Crippen LogP contribution is -2.13. The summed E-state index contributed by atoms with van der Waals surface area (Å²) in [5.41, 5.74) is 2.08. The highest BCUT2D eigenvalue weighted by atomic mass is 35.5. The molecule has 6 heteroatoms. The molecule has 0 radical (unpaired) electrons. The van der Waals surface area contributed by atoms with Gasteiger partial charge in [-0.15, -0.1) is 12.4 Å². The van der Waals surface area contributed by atoms with Gasteiger partial charge in [-0.1, -0.05) is 6.07 Å². The van der Waals surface area contributed by atoms with Gasteiger partial charge < -0.3 is 15.2 Å². The third kappa shape index (κ3) is 4.65. The van der Waals surface area contributed by atoms with Crippen LogP contribution in [0, 0.1) is 0 Å². The smallest absolute Gasteiger partial charge is 0.160 e. The van der Waals surface area contributed by atoms with Crippen LogP contribution in [0.1, 0.15) is 31.1 Å². The Labute approximate surface area is 131 Å². The molecule has 2 aromatic rings. The number of aromatic hydroxyl groups is 1. The Bertz CT molecular complexity index is 570. The lowest BCUT2D eigenvalue weighted by atomic mass is 10.2. The molecule has 0 bridgehead atoms. The Morgan fingerprint density at radius 1 is 1.29 bits per heavy atom. The zero-order chi connectivity index (χ0) is 14.5. The number of hydrogen-bond acceptors (Lipinski definition) is 4. The predicted molar refractivity (Wildman–Crippen MR) is 85.1 cm³/mol. The number of phenolic OH excluding ortho intramolecular Hbond substituents is 1. The van der Waals surface area contributed by atoms with Crippen LogP contribution in [0.4, 0.5) is 0 Å². The number of aromatic nitrogens is 2. The molecule has 0 atom stereocenters. The van der Waals surface area contributed by atoms with Crippen molar-refractivity contribution in [2.75, 3.05) is 7.11 Å². The molecule has 0 aliphatic rings. The van der Waals surface area contributed by atoms with Crippen LogP contribution in [0.3, 0.4) is 0 Å². The number of rotatable bonds is 6. The summed E-state index contributed by atoms with van der Waals surface area (Å²) in [4.78, 5) is 0. The molecular formula is C15H22ClN3O2. The predicted octanol–water partition coefficient (Wildman–Crippen LogP) is 2.89. The van der Waals surface area contributed by atoms with E-state index in [9.17, 15) is 5.11 Å². The molecule has 0 aliphatic heterocycles. The van der Waals surface area contributed by atoms with E-state index in [1.165, 1.54) is 0 Å². The summed E-state index contributed by atoms with van der Waals surface area (Å²) >= 11 is 0. The van der Waals surface area contributed by atoms with Gasteiger partial charge in [0, 0.05) is 25.3 Å². The van der Waals surface area contributed by atoms with Crippen LogP contribution in [0.15, 0.2) is 30.5 Å². The van der Waals surface area contributed by atoms with Gasteiger partial charge in [-0.25, -0.2) is 0 Å². The molecule has 0 spiro atoms. The second-order valence-corrected chi connectivity index (χ2v) is 4.99. The van der Waals surface area contributed by atoms with Crippen molar-refractivity contribution >= 4 is 12.4 Å². The van der Waals surface area contributed by atoms with E-state index >= 15 is 0 Å². The van der Waals surface area contributed by atoms with Gasteiger partial charge in [0.2, 0.25) is 0 Å². The maximum absolute atomic E-state index is 9.53. The number of nitrogens with zero attached hydrogens (tertiary/aromatic N) is 2. The maximum Gasteiger partial charge on any atom is 0.160 e. The van der Waals surface area contributed by atoms with Gasteiger partial charge in [-0.3, -0.25) is 4.68 Å². The van der Waals surface area contributed by atoms with Gasteiger partial charge in [0.25, 0.3) is 0 Å². The Morgan fingerprint density at radius 2 is 2.05 bits per heavy atom. The second-order valence-electron chi connectivity index (χ2n) is 4.99. The standard InChI is InChI=1S/C15H21N3O2.ClH/c1-11(2)18-7-6-13(17-18)10-16-9-12-4-5-14(19)15(8-12)20-3;/h4-8,11,16,19H,9-10H2,1-3H3;1H. The molecule has 5 nitrogen and oxygen atoms in total. The van der Waals surface area contributed by atoms with Crippen LogP contribution in [0.25, 0.3) is 0 Å². The highest BCUT2D eigenvalue weighted by molar-refractivity contribution is 5.85. The third-order valence-electron chi connectivity index (χ3n) is 3.07. The largest absolute Gasteiger partial charge is 0.504 e. The van der Waals surface area contributed by atoms with E-state index in [0.717, 1.165) is 11.3 Å². The van der Waals surface area contributed by atoms with Crippen LogP contribution in [0.5, 0.6) is 11.5 Å². The molecule has 116 valence electrons. The lowest BCUT2D eigenvalue weighted by molar-refractivity contribution is 0.372. The van der Waals surface area contributed by atoms with Crippen molar-refractivity contribution in [2.24, 2.45) is 0 Å². The van der Waals surface area contributed by atoms with Crippen LogP contribution in [-0.2, 0) is 13.1 Å². The van der Waals surface area contributed by atoms with E-state index in [1.807, 2.05) is 29.1 Å². The molecule has 1 aromatic carbocycles. The lowest BCUT2D eigenvalue weighted by Gasteiger charge is -2.07. The maximum atomic E-state index is 9.53. The molecule has 0 unspecified atom stereocenters. The van der Waals surface area contributed by atoms with E-state index in [-0.39, 0.29) is 18.2 Å². The number of methoxy groups -OCH3 is 1. The molecule has 0 aliphatic carbocycles. The number of hydrogen-bond donors (Lipinski definition) is 2. The first-order valence-electron chi connectivity index (χ1n) is 6.70. The molecule has 1 aromatic heterocycles. The number of nitrogens with one attached hydrogen (secondary N) is 1. The molecular weight excluding hydrogens is 290 g/mol. The van der Waals surface area contributed by atoms with Crippen molar-refractivity contribution in [2.45, 2.75) is 33.0 Å². The van der Waals surface area contributed by atoms with Gasteiger partial charge in [-0.05, 0) is 37.6 Å². The molecule has 1 heterocycles. The fourth-order valence-corrected chi connectivity index (χ4v) is 1.93. The summed E-state index contributed by atoms with van der Waals surface area (Å²) in [5, 5.41) is 17.3. The fourth-order valence-electron chi connectivity index (χ4n) is 1.93. The normalized spacial score (nSPS) is 10.5. The van der Waals surface area contributed by atoms with E-state index in [0.29, 0.717) is 24.9 Å². The molecule has 0 fully saturated rings. The molecule has 2 N–H and O–H groups in total. The van der Waals surface area contributed by atoms with Gasteiger partial charge in [-0.2, -0.15) is 5.10 Å². The van der Waals surface area contributed by atoms with Gasteiger partial charge in [0.1, 0.15) is 0 Å². The van der Waals surface area contributed by atoms with Crippen LogP contribution in [-0.4, -0.2) is 22.0 Å². The number of halogens is 1. The fraction of sp³-hybridized carbons (Fsp3) is 0.400. The summed E-state index contributed by atoms with van der Waals surface area (Å²) in [5.74, 6) is 0.653. The Kier molecular flexibility index (Phi) is 6.52. The minimum atomic E-state index is 0. The average molecular weight is 312 g/mol. The molecule has 0 saturated heterocycles. The average Bonchev–Trinajstić information content (AvgIpc) is 2.89. The van der Waals surface area contributed by atoms with Crippen LogP contribution >= 0.6 is 12.4 Å². The third-order valence-corrected chi connectivity index (χ3v) is 3.07. The van der Waals surface area contributed by atoms with Crippen molar-refractivity contribution in [3.05, 3.63) is 41.7 Å². The van der Waals surface area contributed by atoms with Crippen molar-refractivity contribution < 1.29 is 9.84 Å². The highest BCUT2D eigenvalue weighted by Gasteiger charge is 2.04. The Morgan fingerprint density at radius 3 is 2.67 bits per heavy atom. The van der Waals surface area contributed by atoms with Gasteiger partial charge in [0.15, 0.2) is 11.5 Å². The zero-order valence-electron chi connectivity index (χ0n) is 12.5. The second kappa shape index (κ2) is 7.90. The molecule has 0 saturated carbocycles. The van der Waals surface area contributed by atoms with Crippen LogP contribution in [0.2, 0.25) is 0 Å². The number of ether oxygens (including phenoxy) is 1. The topological polar surface area (TPSA) is 59.3 Å². The van der Waals surface area contributed by atoms with Gasteiger partial charge >= 0.3 is 0 Å². The molecule has 21 heavy (non-hydrogen) atoms. The first kappa shape index (κ1) is 17.3. The Balaban J connectivity index is 0.00000220. The summed E-state index contributed by atoms with van der Waals surface area (Å²) < 4.78 is 7.03. The Hall–Kier alpha value is -1.72. The molecule has 0 amide bonds. The van der Waals surface area contributed by atoms with Gasteiger partial charge in [0.05, 0.1) is 12.8 Å². The number of benzene rings is 1. The van der Waals surface area contributed by atoms with Crippen molar-refractivity contribution in [1.29, 1.82) is 0 Å². The first-order valence-corrected chi connectivity index (χ1v) is 6.70. The summed E-state index contributed by atoms with van der Waals surface area (Å²) in [6, 6.07) is 7.74. The summed E-state index contributed by atoms with van der Waals surface area (Å²) in [6.07, 6.45) is 1.99. The van der Waals surface area contributed by atoms with E-state index in [1.54, 1.807) is 13.2 Å². The van der Waals surface area contributed by atoms with Crippen LogP contribution < -0.4 is 10.1 Å². The summed E-state index contributed by atoms with van der Waals surface area (Å²) in [6.45, 7) is 5.62. The van der Waals surface area contributed by atoms with E-state index in [4.69, 9.17) is 4.74 Å². The molecule has 2 rings (SSSR count). The van der Waals surface area contributed by atoms with Crippen molar-refractivity contribution in [1.82, 2.24) is 15.1 Å². The first-order chi connectivity index (χ1) is 9.60. The SMILES string of the molecule is COc1cc(CNCc2ccn(C(C)C)n2)ccc1O.Cl. The van der Waals surface area contributed by atoms with E-state index < -0.39 is 0 Å². The monoisotopic (exact) mass is 311 g/mol. The quantitative estimate of drug-likeness (QED) is 0.861. The summed E-state index contributed by atoms with van der Waals surface area (Å²) in [7, 11) is 1.55.